The van der Waals surface area contributed by atoms with Gasteiger partial charge < -0.3 is 10.8 Å². The number of halogens is 1. The zero-order chi connectivity index (χ0) is 10.6. The van der Waals surface area contributed by atoms with E-state index in [1.165, 1.54) is 0 Å². The van der Waals surface area contributed by atoms with Crippen LogP contribution in [0.3, 0.4) is 0 Å². The lowest BCUT2D eigenvalue weighted by Gasteiger charge is -2.07. The van der Waals surface area contributed by atoms with Crippen molar-refractivity contribution in [3.8, 4) is 0 Å². The Hall–Kier alpha value is -0.380. The number of nitrogens with two attached hydrogens (primary N) is 1. The molecular formula is C10H14ClNOS. The van der Waals surface area contributed by atoms with Gasteiger partial charge in [0.05, 0.1) is 10.7 Å². The molecule has 14 heavy (non-hydrogen) atoms. The molecule has 0 bridgehead atoms. The highest BCUT2D eigenvalue weighted by atomic mass is 35.5. The number of hydrogen-bond acceptors (Lipinski definition) is 3. The van der Waals surface area contributed by atoms with Gasteiger partial charge in [-0.05, 0) is 24.1 Å². The van der Waals surface area contributed by atoms with E-state index in [2.05, 4.69) is 0 Å². The first-order valence-electron chi connectivity index (χ1n) is 4.42. The molecule has 1 aromatic rings. The molecule has 1 rings (SSSR count). The fourth-order valence-corrected chi connectivity index (χ4v) is 2.08. The number of benzene rings is 1. The van der Waals surface area contributed by atoms with Gasteiger partial charge in [0.1, 0.15) is 0 Å². The molecule has 0 aliphatic carbocycles. The van der Waals surface area contributed by atoms with Gasteiger partial charge in [-0.3, -0.25) is 0 Å². The number of aliphatic hydroxyl groups excluding tert-OH is 1. The lowest BCUT2D eigenvalue weighted by molar-refractivity contribution is 0.250. The van der Waals surface area contributed by atoms with E-state index in [0.29, 0.717) is 16.6 Å². The van der Waals surface area contributed by atoms with Crippen molar-refractivity contribution in [1.82, 2.24) is 0 Å². The Morgan fingerprint density at radius 2 is 2.29 bits per heavy atom. The molecule has 1 aromatic carbocycles. The summed E-state index contributed by atoms with van der Waals surface area (Å²) in [5, 5.41) is 9.44. The highest BCUT2D eigenvalue weighted by molar-refractivity contribution is 7.99. The summed E-state index contributed by atoms with van der Waals surface area (Å²) in [6, 6.07) is 5.59. The van der Waals surface area contributed by atoms with Gasteiger partial charge in [-0.15, -0.1) is 11.8 Å². The number of aliphatic hydroxyl groups is 1. The van der Waals surface area contributed by atoms with E-state index in [9.17, 15) is 0 Å². The number of nitrogen functional groups attached to an aromatic ring is 1. The Labute approximate surface area is 93.5 Å². The molecular weight excluding hydrogens is 218 g/mol. The van der Waals surface area contributed by atoms with Crippen molar-refractivity contribution in [2.45, 2.75) is 11.8 Å². The Balaban J connectivity index is 2.55. The van der Waals surface area contributed by atoms with Crippen molar-refractivity contribution < 1.29 is 5.11 Å². The maximum atomic E-state index is 8.85. The normalized spacial score (nSPS) is 12.8. The molecule has 0 amide bonds. The maximum absolute atomic E-state index is 8.85. The van der Waals surface area contributed by atoms with Gasteiger partial charge in [-0.2, -0.15) is 0 Å². The summed E-state index contributed by atoms with van der Waals surface area (Å²) in [5.41, 5.74) is 6.19. The highest BCUT2D eigenvalue weighted by Gasteiger charge is 2.03. The summed E-state index contributed by atoms with van der Waals surface area (Å²) in [6.45, 7) is 2.22. The average Bonchev–Trinajstić information content (AvgIpc) is 2.19. The van der Waals surface area contributed by atoms with Crippen LogP contribution in [0.2, 0.25) is 5.02 Å². The number of anilines is 1. The van der Waals surface area contributed by atoms with Crippen LogP contribution in [0.5, 0.6) is 0 Å². The fraction of sp³-hybridized carbons (Fsp3) is 0.400. The minimum absolute atomic E-state index is 0.218. The van der Waals surface area contributed by atoms with Gasteiger partial charge in [0.15, 0.2) is 0 Å². The zero-order valence-corrected chi connectivity index (χ0v) is 9.61. The number of rotatable bonds is 4. The topological polar surface area (TPSA) is 46.2 Å². The second kappa shape index (κ2) is 5.49. The van der Waals surface area contributed by atoms with Crippen molar-refractivity contribution in [2.24, 2.45) is 5.92 Å². The Kier molecular flexibility index (Phi) is 4.58. The van der Waals surface area contributed by atoms with E-state index >= 15 is 0 Å². The lowest BCUT2D eigenvalue weighted by atomic mass is 10.2. The molecule has 0 spiro atoms. The fourth-order valence-electron chi connectivity index (χ4n) is 0.889. The van der Waals surface area contributed by atoms with Crippen LogP contribution in [0.4, 0.5) is 5.69 Å². The molecule has 1 atom stereocenters. The summed E-state index contributed by atoms with van der Waals surface area (Å²) in [7, 11) is 0. The minimum atomic E-state index is 0.218. The third-order valence-electron chi connectivity index (χ3n) is 1.82. The predicted molar refractivity (Wildman–Crippen MR) is 62.8 cm³/mol. The lowest BCUT2D eigenvalue weighted by Crippen LogP contribution is -2.03. The first-order valence-corrected chi connectivity index (χ1v) is 5.78. The Morgan fingerprint density at radius 1 is 1.57 bits per heavy atom. The Bertz CT molecular complexity index is 306. The smallest absolute Gasteiger partial charge is 0.0646 e. The van der Waals surface area contributed by atoms with E-state index < -0.39 is 0 Å². The predicted octanol–water partition coefficient (Wildman–Crippen LogP) is 2.64. The van der Waals surface area contributed by atoms with Crippen LogP contribution in [0.25, 0.3) is 0 Å². The molecule has 0 aliphatic rings. The quantitative estimate of drug-likeness (QED) is 0.619. The minimum Gasteiger partial charge on any atom is -0.398 e. The zero-order valence-electron chi connectivity index (χ0n) is 8.03. The van der Waals surface area contributed by atoms with Crippen LogP contribution in [-0.4, -0.2) is 17.5 Å². The standard InChI is InChI=1S/C10H14ClNOS/c1-7(5-13)6-14-8-2-3-10(12)9(11)4-8/h2-4,7,13H,5-6,12H2,1H3. The van der Waals surface area contributed by atoms with Gasteiger partial charge in [0, 0.05) is 17.3 Å². The molecule has 1 unspecified atom stereocenters. The van der Waals surface area contributed by atoms with Gasteiger partial charge in [-0.25, -0.2) is 0 Å². The van der Waals surface area contributed by atoms with Gasteiger partial charge in [0.2, 0.25) is 0 Å². The number of hydrogen-bond donors (Lipinski definition) is 2. The molecule has 3 N–H and O–H groups in total. The van der Waals surface area contributed by atoms with E-state index in [4.69, 9.17) is 22.4 Å². The van der Waals surface area contributed by atoms with Gasteiger partial charge in [-0.1, -0.05) is 18.5 Å². The van der Waals surface area contributed by atoms with Crippen LogP contribution in [0.15, 0.2) is 23.1 Å². The second-order valence-corrected chi connectivity index (χ2v) is 4.78. The van der Waals surface area contributed by atoms with Crippen molar-refractivity contribution in [2.75, 3.05) is 18.1 Å². The van der Waals surface area contributed by atoms with Gasteiger partial charge >= 0.3 is 0 Å². The first-order chi connectivity index (χ1) is 6.63. The van der Waals surface area contributed by atoms with E-state index in [-0.39, 0.29) is 6.61 Å². The average molecular weight is 232 g/mol. The van der Waals surface area contributed by atoms with Crippen molar-refractivity contribution in [3.05, 3.63) is 23.2 Å². The first kappa shape index (κ1) is 11.7. The van der Waals surface area contributed by atoms with E-state index in [1.54, 1.807) is 17.8 Å². The molecule has 0 aliphatic heterocycles. The molecule has 0 saturated heterocycles. The van der Waals surface area contributed by atoms with Crippen LogP contribution in [0.1, 0.15) is 6.92 Å². The van der Waals surface area contributed by atoms with Crippen LogP contribution >= 0.6 is 23.4 Å². The maximum Gasteiger partial charge on any atom is 0.0646 e. The summed E-state index contributed by atoms with van der Waals surface area (Å²) in [4.78, 5) is 1.09. The molecule has 0 radical (unpaired) electrons. The second-order valence-electron chi connectivity index (χ2n) is 3.28. The molecule has 0 fully saturated rings. The molecule has 2 nitrogen and oxygen atoms in total. The van der Waals surface area contributed by atoms with Gasteiger partial charge in [0.25, 0.3) is 0 Å². The van der Waals surface area contributed by atoms with Crippen molar-refractivity contribution >= 4 is 29.1 Å². The summed E-state index contributed by atoms with van der Waals surface area (Å²) >= 11 is 7.55. The molecule has 78 valence electrons. The van der Waals surface area contributed by atoms with Crippen LogP contribution in [0, 0.1) is 5.92 Å². The number of thioether (sulfide) groups is 1. The molecule has 0 saturated carbocycles. The SMILES string of the molecule is CC(CO)CSc1ccc(N)c(Cl)c1. The van der Waals surface area contributed by atoms with Crippen LogP contribution < -0.4 is 5.73 Å². The third kappa shape index (κ3) is 3.40. The van der Waals surface area contributed by atoms with E-state index in [0.717, 1.165) is 10.6 Å². The highest BCUT2D eigenvalue weighted by Crippen LogP contribution is 2.27. The van der Waals surface area contributed by atoms with Crippen LogP contribution in [-0.2, 0) is 0 Å². The monoisotopic (exact) mass is 231 g/mol. The molecule has 4 heteroatoms. The van der Waals surface area contributed by atoms with E-state index in [1.807, 2.05) is 19.1 Å². The van der Waals surface area contributed by atoms with Crippen molar-refractivity contribution in [3.63, 3.8) is 0 Å². The largest absolute Gasteiger partial charge is 0.398 e. The summed E-state index contributed by atoms with van der Waals surface area (Å²) in [5.74, 6) is 1.19. The third-order valence-corrected chi connectivity index (χ3v) is 3.47. The van der Waals surface area contributed by atoms with Crippen molar-refractivity contribution in [1.29, 1.82) is 0 Å². The summed E-state index contributed by atoms with van der Waals surface area (Å²) in [6.07, 6.45) is 0. The summed E-state index contributed by atoms with van der Waals surface area (Å²) < 4.78 is 0. The molecule has 0 heterocycles. The molecule has 0 aromatic heterocycles. The Morgan fingerprint density at radius 3 is 2.86 bits per heavy atom.